The first kappa shape index (κ1) is 13.5. The summed E-state index contributed by atoms with van der Waals surface area (Å²) in [4.78, 5) is 0. The van der Waals surface area contributed by atoms with Crippen molar-refractivity contribution in [3.8, 4) is 0 Å². The van der Waals surface area contributed by atoms with E-state index in [4.69, 9.17) is 0 Å². The average molecular weight is 274 g/mol. The molecule has 0 fully saturated rings. The van der Waals surface area contributed by atoms with E-state index >= 15 is 0 Å². The summed E-state index contributed by atoms with van der Waals surface area (Å²) >= 11 is 0. The molecule has 0 N–H and O–H groups in total. The van der Waals surface area contributed by atoms with Gasteiger partial charge in [0.05, 0.1) is 0 Å². The molecule has 0 spiro atoms. The molecule has 1 radical (unpaired) electrons. The van der Waals surface area contributed by atoms with Crippen molar-refractivity contribution in [2.75, 3.05) is 0 Å². The predicted molar refractivity (Wildman–Crippen MR) is 58.8 cm³/mol. The van der Waals surface area contributed by atoms with E-state index in [1.807, 2.05) is 30.3 Å². The summed E-state index contributed by atoms with van der Waals surface area (Å²) < 4.78 is 0. The van der Waals surface area contributed by atoms with Crippen LogP contribution in [0.3, 0.4) is 0 Å². The van der Waals surface area contributed by atoms with Gasteiger partial charge in [0, 0.05) is 0 Å². The second-order valence-corrected chi connectivity index (χ2v) is 3.06. The first-order valence-electron chi connectivity index (χ1n) is 4.97. The van der Waals surface area contributed by atoms with Gasteiger partial charge < -0.3 is 0 Å². The summed E-state index contributed by atoms with van der Waals surface area (Å²) in [6.07, 6.45) is 14.0. The van der Waals surface area contributed by atoms with Gasteiger partial charge in [0.25, 0.3) is 0 Å². The van der Waals surface area contributed by atoms with Crippen LogP contribution in [0.5, 0.6) is 0 Å². The van der Waals surface area contributed by atoms with E-state index in [1.54, 1.807) is 0 Å². The molecule has 0 nitrogen and oxygen atoms in total. The Bertz CT molecular complexity index is 189. The summed E-state index contributed by atoms with van der Waals surface area (Å²) in [5.74, 6) is 0. The Morgan fingerprint density at radius 2 is 1.00 bits per heavy atom. The minimum Gasteiger partial charge on any atom is -0.214 e. The third-order valence-corrected chi connectivity index (χ3v) is 1.89. The number of hydrogen-bond acceptors (Lipinski definition) is 0. The Morgan fingerprint density at radius 3 is 1.21 bits per heavy atom. The third kappa shape index (κ3) is 8.07. The van der Waals surface area contributed by atoms with Crippen LogP contribution < -0.4 is 0 Å². The van der Waals surface area contributed by atoms with Crippen molar-refractivity contribution in [1.82, 2.24) is 0 Å². The molecule has 0 aliphatic heterocycles. The van der Waals surface area contributed by atoms with Gasteiger partial charge in [-0.1, -0.05) is 24.3 Å². The fourth-order valence-corrected chi connectivity index (χ4v) is 1.18. The van der Waals surface area contributed by atoms with Crippen molar-refractivity contribution in [2.45, 2.75) is 25.7 Å². The fraction of sp³-hybridized carbons (Fsp3) is 0.308. The fourth-order valence-electron chi connectivity index (χ4n) is 1.18. The molecule has 77 valence electrons. The number of hydrogen-bond donors (Lipinski definition) is 0. The van der Waals surface area contributed by atoms with Crippen molar-refractivity contribution in [3.63, 3.8) is 0 Å². The minimum atomic E-state index is 0. The van der Waals surface area contributed by atoms with Crippen molar-refractivity contribution in [3.05, 3.63) is 54.6 Å². The normalized spacial score (nSPS) is 14.3. The molecule has 0 aromatic heterocycles. The number of allylic oxidation sites excluding steroid dienone is 4. The van der Waals surface area contributed by atoms with Gasteiger partial charge in [-0.2, -0.15) is 18.2 Å². The molecule has 0 bridgehead atoms. The quantitative estimate of drug-likeness (QED) is 0.380. The molecule has 0 heterocycles. The van der Waals surface area contributed by atoms with Crippen LogP contribution in [-0.4, -0.2) is 0 Å². The van der Waals surface area contributed by atoms with Crippen molar-refractivity contribution in [1.29, 1.82) is 0 Å². The monoisotopic (exact) mass is 275 g/mol. The maximum Gasteiger partial charge on any atom is 1.00 e. The molecule has 14 heavy (non-hydrogen) atoms. The van der Waals surface area contributed by atoms with E-state index in [2.05, 4.69) is 24.3 Å². The second kappa shape index (κ2) is 10.5. The Morgan fingerprint density at radius 1 is 0.643 bits per heavy atom. The topological polar surface area (TPSA) is 0 Å². The molecule has 2 rings (SSSR count). The van der Waals surface area contributed by atoms with Crippen LogP contribution in [-0.2, 0) is 19.5 Å². The maximum atomic E-state index is 2.27. The average Bonchev–Trinajstić information content (AvgIpc) is 2.58. The first-order valence-corrected chi connectivity index (χ1v) is 4.97. The van der Waals surface area contributed by atoms with E-state index in [1.165, 1.54) is 25.7 Å². The van der Waals surface area contributed by atoms with Crippen molar-refractivity contribution < 1.29 is 19.5 Å². The molecule has 0 atom stereocenters. The number of rotatable bonds is 0. The summed E-state index contributed by atoms with van der Waals surface area (Å²) in [6.45, 7) is 0. The molecular formula is C13H17Ru. The van der Waals surface area contributed by atoms with E-state index < -0.39 is 0 Å². The van der Waals surface area contributed by atoms with Crippen LogP contribution in [0.25, 0.3) is 0 Å². The van der Waals surface area contributed by atoms with Gasteiger partial charge in [-0.05, 0) is 25.7 Å². The van der Waals surface area contributed by atoms with Crippen LogP contribution in [0, 0.1) is 0 Å². The molecule has 1 aliphatic carbocycles. The van der Waals surface area contributed by atoms with Crippen LogP contribution in [0.4, 0.5) is 0 Å². The molecule has 1 aromatic rings. The molecule has 1 heteroatoms. The first-order chi connectivity index (χ1) is 6.50. The van der Waals surface area contributed by atoms with Gasteiger partial charge in [-0.3, -0.25) is 0 Å². The Kier molecular flexibility index (Phi) is 10.1. The second-order valence-electron chi connectivity index (χ2n) is 3.06. The zero-order valence-electron chi connectivity index (χ0n) is 8.38. The maximum absolute atomic E-state index is 2.27. The van der Waals surface area contributed by atoms with Crippen molar-refractivity contribution in [2.24, 2.45) is 0 Å². The molecule has 0 saturated heterocycles. The Balaban J connectivity index is 0.000000246. The van der Waals surface area contributed by atoms with Gasteiger partial charge in [0.15, 0.2) is 0 Å². The van der Waals surface area contributed by atoms with E-state index in [-0.39, 0.29) is 19.5 Å². The predicted octanol–water partition coefficient (Wildman–Crippen LogP) is 4.08. The standard InChI is InChI=1S/C8H12.C5H5.Ru/c1-2-4-6-8-7-5-3-1;1-2-4-5-3-1;/h1-2,7-8H,3-6H2;1-5H;/q;-1;+1. The Hall–Kier alpha value is -0.547. The van der Waals surface area contributed by atoms with Gasteiger partial charge in [-0.25, -0.2) is 12.1 Å². The molecule has 0 saturated carbocycles. The van der Waals surface area contributed by atoms with E-state index in [0.717, 1.165) is 0 Å². The van der Waals surface area contributed by atoms with Crippen LogP contribution in [0.15, 0.2) is 54.6 Å². The van der Waals surface area contributed by atoms with E-state index in [9.17, 15) is 0 Å². The summed E-state index contributed by atoms with van der Waals surface area (Å²) in [5.41, 5.74) is 0. The zero-order valence-corrected chi connectivity index (χ0v) is 10.1. The molecule has 0 amide bonds. The summed E-state index contributed by atoms with van der Waals surface area (Å²) in [7, 11) is 0. The molecule has 1 aromatic carbocycles. The van der Waals surface area contributed by atoms with Crippen LogP contribution in [0.2, 0.25) is 0 Å². The van der Waals surface area contributed by atoms with Crippen LogP contribution >= 0.6 is 0 Å². The molecule has 1 aliphatic rings. The van der Waals surface area contributed by atoms with Gasteiger partial charge in [-0.15, -0.1) is 0 Å². The van der Waals surface area contributed by atoms with Crippen molar-refractivity contribution >= 4 is 0 Å². The van der Waals surface area contributed by atoms with Gasteiger partial charge >= 0.3 is 19.5 Å². The van der Waals surface area contributed by atoms with Gasteiger partial charge in [0.1, 0.15) is 0 Å². The van der Waals surface area contributed by atoms with Crippen LogP contribution in [0.1, 0.15) is 25.7 Å². The molecule has 0 unspecified atom stereocenters. The molecular weight excluding hydrogens is 257 g/mol. The summed E-state index contributed by atoms with van der Waals surface area (Å²) in [5, 5.41) is 0. The van der Waals surface area contributed by atoms with Gasteiger partial charge in [0.2, 0.25) is 0 Å². The largest absolute Gasteiger partial charge is 1.00 e. The SMILES string of the molecule is C1=CCCC=CCC1.[Ru+].c1cc[cH-]c1. The minimum absolute atomic E-state index is 0. The summed E-state index contributed by atoms with van der Waals surface area (Å²) in [6, 6.07) is 10.0. The van der Waals surface area contributed by atoms with E-state index in [0.29, 0.717) is 0 Å². The zero-order chi connectivity index (χ0) is 9.19. The Labute approximate surface area is 99.8 Å². The third-order valence-electron chi connectivity index (χ3n) is 1.89. The smallest absolute Gasteiger partial charge is 0.214 e.